The summed E-state index contributed by atoms with van der Waals surface area (Å²) >= 11 is 0. The molecular formula is C64H117NO18. The molecule has 0 aromatic rings. The first kappa shape index (κ1) is 75.3. The Morgan fingerprint density at radius 1 is 0.434 bits per heavy atom. The average molecular weight is 1190 g/mol. The fourth-order valence-electron chi connectivity index (χ4n) is 11.0. The standard InChI is InChI=1S/C64H117NO18/c1-3-5-7-9-11-13-15-16-17-18-19-20-21-22-23-24-25-26-27-28-29-30-32-34-36-38-40-42-52(70)65-47(48(69)41-39-37-35-33-31-14-12-10-8-6-4-2)46-78-62-58(76)55(73)60(50(44-67)80-62)83-64-59(77)56(74)61(51(45-68)81-64)82-63-57(75)54(72)53(71)49(43-66)79-63/h15-16,18-19,39,41,47-51,53-64,66-69,71-77H,3-14,17,20-38,40,42-46H2,1-2H3,(H,65,70)/b16-15-,19-18-,41-39+. The normalized spacial score (nSPS) is 29.6. The van der Waals surface area contributed by atoms with Crippen molar-refractivity contribution in [2.45, 2.75) is 336 Å². The summed E-state index contributed by atoms with van der Waals surface area (Å²) < 4.78 is 34.2. The molecule has 3 saturated heterocycles. The second-order valence-electron chi connectivity index (χ2n) is 23.6. The Balaban J connectivity index is 1.40. The van der Waals surface area contributed by atoms with E-state index in [-0.39, 0.29) is 18.9 Å². The molecule has 0 radical (unpaired) electrons. The predicted molar refractivity (Wildman–Crippen MR) is 319 cm³/mol. The molecule has 0 aromatic carbocycles. The van der Waals surface area contributed by atoms with E-state index in [1.54, 1.807) is 6.08 Å². The van der Waals surface area contributed by atoms with E-state index in [1.807, 2.05) is 6.08 Å². The molecule has 3 aliphatic heterocycles. The molecule has 12 N–H and O–H groups in total. The zero-order valence-electron chi connectivity index (χ0n) is 50.9. The molecule has 0 saturated carbocycles. The molecule has 19 nitrogen and oxygen atoms in total. The highest BCUT2D eigenvalue weighted by molar-refractivity contribution is 5.76. The SMILES string of the molecule is CCCCCCC/C=C\C/C=C\CCCCCCCCCCCCCCCCCC(=O)NC(COC1OC(CO)C(OC2OC(CO)C(OC3OC(CO)C(O)C(O)C3O)C(O)C2O)C(O)C1O)C(O)/C=C/CCCCCCCCCCC. The van der Waals surface area contributed by atoms with Crippen molar-refractivity contribution < 1.29 is 89.4 Å². The molecule has 3 heterocycles. The average Bonchev–Trinajstić information content (AvgIpc) is 3.62. The smallest absolute Gasteiger partial charge is 0.220 e. The molecule has 3 fully saturated rings. The summed E-state index contributed by atoms with van der Waals surface area (Å²) in [6.45, 7) is 1.70. The lowest BCUT2D eigenvalue weighted by molar-refractivity contribution is -0.379. The molecule has 3 rings (SSSR count). The van der Waals surface area contributed by atoms with Gasteiger partial charge in [0, 0.05) is 6.42 Å². The van der Waals surface area contributed by atoms with Crippen LogP contribution in [0.5, 0.6) is 0 Å². The van der Waals surface area contributed by atoms with Crippen LogP contribution in [0.4, 0.5) is 0 Å². The first-order chi connectivity index (χ1) is 40.3. The van der Waals surface area contributed by atoms with Gasteiger partial charge in [0.15, 0.2) is 18.9 Å². The highest BCUT2D eigenvalue weighted by atomic mass is 16.8. The monoisotopic (exact) mass is 1190 g/mol. The van der Waals surface area contributed by atoms with Crippen LogP contribution < -0.4 is 5.32 Å². The van der Waals surface area contributed by atoms with Crippen LogP contribution in [-0.4, -0.2) is 193 Å². The molecule has 83 heavy (non-hydrogen) atoms. The second kappa shape index (κ2) is 47.1. The van der Waals surface area contributed by atoms with E-state index in [2.05, 4.69) is 43.5 Å². The minimum Gasteiger partial charge on any atom is -0.394 e. The lowest BCUT2D eigenvalue weighted by atomic mass is 9.96. The van der Waals surface area contributed by atoms with Crippen LogP contribution >= 0.6 is 0 Å². The van der Waals surface area contributed by atoms with E-state index >= 15 is 0 Å². The summed E-state index contributed by atoms with van der Waals surface area (Å²) in [6, 6.07) is -0.970. The summed E-state index contributed by atoms with van der Waals surface area (Å²) in [5, 5.41) is 120. The lowest BCUT2D eigenvalue weighted by Crippen LogP contribution is -2.66. The Morgan fingerprint density at radius 3 is 1.23 bits per heavy atom. The first-order valence-electron chi connectivity index (χ1n) is 32.7. The summed E-state index contributed by atoms with van der Waals surface area (Å²) in [4.78, 5) is 13.3. The number of aliphatic hydroxyl groups excluding tert-OH is 11. The van der Waals surface area contributed by atoms with Crippen LogP contribution in [0.25, 0.3) is 0 Å². The fraction of sp³-hybridized carbons (Fsp3) is 0.891. The summed E-state index contributed by atoms with van der Waals surface area (Å²) in [7, 11) is 0. The van der Waals surface area contributed by atoms with Crippen molar-refractivity contribution in [3.05, 3.63) is 36.5 Å². The second-order valence-corrected chi connectivity index (χ2v) is 23.6. The van der Waals surface area contributed by atoms with Gasteiger partial charge in [0.2, 0.25) is 5.91 Å². The van der Waals surface area contributed by atoms with Gasteiger partial charge in [-0.15, -0.1) is 0 Å². The topological polar surface area (TPSA) is 307 Å². The Labute approximate surface area is 498 Å². The van der Waals surface area contributed by atoms with Gasteiger partial charge in [-0.05, 0) is 51.4 Å². The maximum Gasteiger partial charge on any atom is 0.220 e. The van der Waals surface area contributed by atoms with Crippen LogP contribution in [0.15, 0.2) is 36.5 Å². The summed E-state index contributed by atoms with van der Waals surface area (Å²) in [5.74, 6) is -0.276. The van der Waals surface area contributed by atoms with Crippen LogP contribution in [0.1, 0.15) is 232 Å². The Morgan fingerprint density at radius 2 is 0.795 bits per heavy atom. The molecule has 0 spiro atoms. The molecular weight excluding hydrogens is 1070 g/mol. The maximum atomic E-state index is 13.3. The van der Waals surface area contributed by atoms with Gasteiger partial charge in [0.25, 0.3) is 0 Å². The number of rotatable bonds is 49. The van der Waals surface area contributed by atoms with Crippen molar-refractivity contribution >= 4 is 5.91 Å². The number of allylic oxidation sites excluding steroid dienone is 5. The van der Waals surface area contributed by atoms with Gasteiger partial charge in [-0.2, -0.15) is 0 Å². The molecule has 0 aliphatic carbocycles. The van der Waals surface area contributed by atoms with Gasteiger partial charge in [-0.1, -0.05) is 211 Å². The van der Waals surface area contributed by atoms with Crippen molar-refractivity contribution in [2.24, 2.45) is 0 Å². The summed E-state index contributed by atoms with van der Waals surface area (Å²) in [5.41, 5.74) is 0. The highest BCUT2D eigenvalue weighted by Crippen LogP contribution is 2.33. The van der Waals surface area contributed by atoms with Crippen molar-refractivity contribution in [2.75, 3.05) is 26.4 Å². The van der Waals surface area contributed by atoms with Crippen molar-refractivity contribution in [1.82, 2.24) is 5.32 Å². The zero-order valence-corrected chi connectivity index (χ0v) is 50.9. The Bertz CT molecular complexity index is 1660. The molecule has 486 valence electrons. The third kappa shape index (κ3) is 30.2. The van der Waals surface area contributed by atoms with Crippen LogP contribution in [0.2, 0.25) is 0 Å². The van der Waals surface area contributed by atoms with E-state index < -0.39 is 124 Å². The summed E-state index contributed by atoms with van der Waals surface area (Å²) in [6.07, 6.45) is 25.7. The molecule has 0 bridgehead atoms. The molecule has 17 unspecified atom stereocenters. The number of unbranched alkanes of at least 4 members (excludes halogenated alkanes) is 29. The van der Waals surface area contributed by atoms with E-state index in [1.165, 1.54) is 154 Å². The third-order valence-electron chi connectivity index (χ3n) is 16.4. The van der Waals surface area contributed by atoms with Gasteiger partial charge in [-0.3, -0.25) is 4.79 Å². The Hall–Kier alpha value is -1.99. The quantitative estimate of drug-likeness (QED) is 0.0211. The number of amides is 1. The molecule has 3 aliphatic rings. The minimum atomic E-state index is -1.98. The van der Waals surface area contributed by atoms with Gasteiger partial charge < -0.3 is 89.9 Å². The van der Waals surface area contributed by atoms with Crippen LogP contribution in [-0.2, 0) is 33.2 Å². The maximum absolute atomic E-state index is 13.3. The van der Waals surface area contributed by atoms with Gasteiger partial charge in [0.1, 0.15) is 73.2 Å². The van der Waals surface area contributed by atoms with Gasteiger partial charge >= 0.3 is 0 Å². The van der Waals surface area contributed by atoms with Crippen molar-refractivity contribution in [1.29, 1.82) is 0 Å². The van der Waals surface area contributed by atoms with E-state index in [9.17, 15) is 61.0 Å². The zero-order chi connectivity index (χ0) is 60.5. The number of nitrogens with one attached hydrogen (secondary N) is 1. The molecule has 0 aromatic heterocycles. The number of ether oxygens (including phenoxy) is 6. The van der Waals surface area contributed by atoms with E-state index in [0.717, 1.165) is 51.4 Å². The number of carbonyl (C=O) groups is 1. The van der Waals surface area contributed by atoms with E-state index in [4.69, 9.17) is 28.4 Å². The number of hydrogen-bond donors (Lipinski definition) is 12. The minimum absolute atomic E-state index is 0.244. The van der Waals surface area contributed by atoms with Gasteiger partial charge in [-0.25, -0.2) is 0 Å². The van der Waals surface area contributed by atoms with Crippen LogP contribution in [0.3, 0.4) is 0 Å². The predicted octanol–water partition coefficient (Wildman–Crippen LogP) is 7.27. The molecule has 1 amide bonds. The fourth-order valence-corrected chi connectivity index (χ4v) is 11.0. The van der Waals surface area contributed by atoms with Crippen LogP contribution in [0, 0.1) is 0 Å². The number of hydrogen-bond acceptors (Lipinski definition) is 18. The third-order valence-corrected chi connectivity index (χ3v) is 16.4. The lowest BCUT2D eigenvalue weighted by Gasteiger charge is -2.48. The highest BCUT2D eigenvalue weighted by Gasteiger charge is 2.53. The molecule has 19 heteroatoms. The first-order valence-corrected chi connectivity index (χ1v) is 32.7. The largest absolute Gasteiger partial charge is 0.394 e. The van der Waals surface area contributed by atoms with Gasteiger partial charge in [0.05, 0.1) is 38.6 Å². The number of aliphatic hydroxyl groups is 11. The molecule has 17 atom stereocenters. The van der Waals surface area contributed by atoms with E-state index in [0.29, 0.717) is 6.42 Å². The van der Waals surface area contributed by atoms with Crippen molar-refractivity contribution in [3.63, 3.8) is 0 Å². The Kier molecular flexibility index (Phi) is 42.7. The van der Waals surface area contributed by atoms with Crippen molar-refractivity contribution in [3.8, 4) is 0 Å². The number of carbonyl (C=O) groups excluding carboxylic acids is 1.